The summed E-state index contributed by atoms with van der Waals surface area (Å²) in [5, 5.41) is 34.9. The number of benzene rings is 1. The van der Waals surface area contributed by atoms with Crippen molar-refractivity contribution in [2.45, 2.75) is 44.8 Å². The van der Waals surface area contributed by atoms with Crippen molar-refractivity contribution < 1.29 is 24.5 Å². The number of nitrogens with zero attached hydrogens (tertiary/aromatic N) is 4. The molecule has 0 radical (unpaired) electrons. The SMILES string of the molecule is CC(C)CC(NC(=O)C1(Cn2cccn2)CC(CNC(=O)c2nccc3ccccc23)=NO1)B(O)O. The zero-order valence-corrected chi connectivity index (χ0v) is 20.2. The number of amides is 2. The molecule has 12 heteroatoms. The fourth-order valence-corrected chi connectivity index (χ4v) is 4.20. The van der Waals surface area contributed by atoms with E-state index in [1.165, 1.54) is 0 Å². The maximum absolute atomic E-state index is 13.4. The van der Waals surface area contributed by atoms with Crippen molar-refractivity contribution in [1.82, 2.24) is 25.4 Å². The molecule has 4 rings (SSSR count). The maximum Gasteiger partial charge on any atom is 0.475 e. The van der Waals surface area contributed by atoms with Gasteiger partial charge in [-0.2, -0.15) is 5.10 Å². The molecule has 1 aliphatic heterocycles. The summed E-state index contributed by atoms with van der Waals surface area (Å²) in [5.41, 5.74) is -0.717. The number of hydrogen-bond acceptors (Lipinski definition) is 8. The smallest absolute Gasteiger partial charge is 0.426 e. The molecular formula is C24H29BN6O5. The molecule has 4 N–H and O–H groups in total. The van der Waals surface area contributed by atoms with Gasteiger partial charge in [0.15, 0.2) is 0 Å². The van der Waals surface area contributed by atoms with Crippen LogP contribution in [-0.4, -0.2) is 67.5 Å². The highest BCUT2D eigenvalue weighted by atomic mass is 16.7. The number of hydrogen-bond donors (Lipinski definition) is 4. The Morgan fingerprint density at radius 1 is 1.19 bits per heavy atom. The van der Waals surface area contributed by atoms with Gasteiger partial charge >= 0.3 is 7.12 Å². The fourth-order valence-electron chi connectivity index (χ4n) is 4.20. The van der Waals surface area contributed by atoms with E-state index in [1.54, 1.807) is 29.3 Å². The highest BCUT2D eigenvalue weighted by molar-refractivity contribution is 6.43. The van der Waals surface area contributed by atoms with Crippen LogP contribution in [0.2, 0.25) is 0 Å². The highest BCUT2D eigenvalue weighted by Crippen LogP contribution is 2.27. The zero-order chi connectivity index (χ0) is 25.7. The van der Waals surface area contributed by atoms with E-state index in [0.717, 1.165) is 10.8 Å². The molecule has 36 heavy (non-hydrogen) atoms. The number of nitrogens with one attached hydrogen (secondary N) is 2. The molecule has 0 saturated carbocycles. The molecule has 0 aliphatic carbocycles. The van der Waals surface area contributed by atoms with E-state index in [-0.39, 0.29) is 31.3 Å². The van der Waals surface area contributed by atoms with Crippen molar-refractivity contribution in [2.24, 2.45) is 11.1 Å². The van der Waals surface area contributed by atoms with E-state index < -0.39 is 24.6 Å². The van der Waals surface area contributed by atoms with E-state index in [4.69, 9.17) is 4.84 Å². The molecule has 11 nitrogen and oxygen atoms in total. The average Bonchev–Trinajstić information content (AvgIpc) is 3.52. The van der Waals surface area contributed by atoms with Crippen LogP contribution in [0.15, 0.2) is 60.1 Å². The summed E-state index contributed by atoms with van der Waals surface area (Å²) in [6, 6.07) is 11.0. The third kappa shape index (κ3) is 5.72. The number of rotatable bonds is 10. The first-order chi connectivity index (χ1) is 17.3. The van der Waals surface area contributed by atoms with Crippen LogP contribution in [0.5, 0.6) is 0 Å². The molecule has 0 fully saturated rings. The molecule has 0 saturated heterocycles. The quantitative estimate of drug-likeness (QED) is 0.307. The number of pyridine rings is 1. The second-order valence-corrected chi connectivity index (χ2v) is 9.31. The van der Waals surface area contributed by atoms with Gasteiger partial charge in [-0.15, -0.1) is 0 Å². The van der Waals surface area contributed by atoms with Crippen molar-refractivity contribution in [1.29, 1.82) is 0 Å². The van der Waals surface area contributed by atoms with Crippen molar-refractivity contribution in [2.75, 3.05) is 6.54 Å². The van der Waals surface area contributed by atoms with Gasteiger partial charge in [0.2, 0.25) is 5.60 Å². The second-order valence-electron chi connectivity index (χ2n) is 9.31. The van der Waals surface area contributed by atoms with Crippen LogP contribution >= 0.6 is 0 Å². The molecule has 3 aromatic rings. The Bertz CT molecular complexity index is 1240. The maximum atomic E-state index is 13.4. The monoisotopic (exact) mass is 492 g/mol. The number of oxime groups is 1. The third-order valence-electron chi connectivity index (χ3n) is 5.97. The summed E-state index contributed by atoms with van der Waals surface area (Å²) in [7, 11) is -1.73. The summed E-state index contributed by atoms with van der Waals surface area (Å²) in [6.45, 7) is 3.94. The topological polar surface area (TPSA) is 151 Å². The number of carbonyl (C=O) groups excluding carboxylic acids is 2. The Morgan fingerprint density at radius 3 is 2.72 bits per heavy atom. The lowest BCUT2D eigenvalue weighted by molar-refractivity contribution is -0.146. The summed E-state index contributed by atoms with van der Waals surface area (Å²) >= 11 is 0. The Balaban J connectivity index is 1.47. The van der Waals surface area contributed by atoms with E-state index in [1.807, 2.05) is 44.2 Å². The van der Waals surface area contributed by atoms with Crippen LogP contribution in [0.4, 0.5) is 0 Å². The lowest BCUT2D eigenvalue weighted by Gasteiger charge is -2.28. The van der Waals surface area contributed by atoms with E-state index in [2.05, 4.69) is 25.9 Å². The van der Waals surface area contributed by atoms with E-state index >= 15 is 0 Å². The molecule has 1 aromatic carbocycles. The van der Waals surface area contributed by atoms with Crippen LogP contribution in [0.1, 0.15) is 37.2 Å². The standard InChI is InChI=1S/C24H29BN6O5/c1-16(2)12-20(25(34)35)29-23(33)24(15-31-11-5-9-28-31)13-18(30-36-24)14-27-22(32)21-19-7-4-3-6-17(19)8-10-26-21/h3-11,16,20,34-35H,12-15H2,1-2H3,(H,27,32)(H,29,33). The van der Waals surface area contributed by atoms with Gasteiger partial charge in [-0.3, -0.25) is 19.3 Å². The van der Waals surface area contributed by atoms with Crippen molar-refractivity contribution in [3.05, 3.63) is 60.7 Å². The van der Waals surface area contributed by atoms with Gasteiger partial charge in [-0.05, 0) is 29.9 Å². The Morgan fingerprint density at radius 2 is 2.00 bits per heavy atom. The van der Waals surface area contributed by atoms with Crippen molar-refractivity contribution in [3.63, 3.8) is 0 Å². The van der Waals surface area contributed by atoms with Crippen LogP contribution in [0.25, 0.3) is 10.8 Å². The third-order valence-corrected chi connectivity index (χ3v) is 5.97. The van der Waals surface area contributed by atoms with Crippen LogP contribution < -0.4 is 10.6 Å². The molecule has 2 aromatic heterocycles. The molecule has 188 valence electrons. The van der Waals surface area contributed by atoms with E-state index in [9.17, 15) is 19.6 Å². The molecule has 2 atom stereocenters. The summed E-state index contributed by atoms with van der Waals surface area (Å²) in [5.74, 6) is -1.67. The summed E-state index contributed by atoms with van der Waals surface area (Å²) in [6.07, 6.45) is 5.30. The van der Waals surface area contributed by atoms with Crippen LogP contribution in [0, 0.1) is 5.92 Å². The molecular weight excluding hydrogens is 463 g/mol. The Labute approximate surface area is 208 Å². The first-order valence-electron chi connectivity index (χ1n) is 11.8. The van der Waals surface area contributed by atoms with Crippen LogP contribution in [0.3, 0.4) is 0 Å². The number of aromatic nitrogens is 3. The minimum absolute atomic E-state index is 0.0492. The van der Waals surface area contributed by atoms with Gasteiger partial charge in [-0.1, -0.05) is 43.3 Å². The normalized spacial score (nSPS) is 18.0. The molecule has 3 heterocycles. The lowest BCUT2D eigenvalue weighted by Crippen LogP contribution is -2.57. The minimum atomic E-state index is -1.73. The summed E-state index contributed by atoms with van der Waals surface area (Å²) in [4.78, 5) is 36.1. The van der Waals surface area contributed by atoms with Crippen molar-refractivity contribution >= 4 is 35.4 Å². The van der Waals surface area contributed by atoms with Crippen LogP contribution in [-0.2, 0) is 16.2 Å². The lowest BCUT2D eigenvalue weighted by atomic mass is 9.74. The first kappa shape index (κ1) is 25.3. The first-order valence-corrected chi connectivity index (χ1v) is 11.8. The predicted octanol–water partition coefficient (Wildman–Crippen LogP) is 0.919. The molecule has 0 spiro atoms. The van der Waals surface area contributed by atoms with Gasteiger partial charge in [0.25, 0.3) is 11.8 Å². The van der Waals surface area contributed by atoms with Gasteiger partial charge in [-0.25, -0.2) is 0 Å². The highest BCUT2D eigenvalue weighted by Gasteiger charge is 2.48. The van der Waals surface area contributed by atoms with Gasteiger partial charge in [0.05, 0.1) is 24.7 Å². The van der Waals surface area contributed by atoms with E-state index in [0.29, 0.717) is 17.8 Å². The van der Waals surface area contributed by atoms with Crippen molar-refractivity contribution in [3.8, 4) is 0 Å². The second kappa shape index (κ2) is 10.9. The number of fused-ring (bicyclic) bond motifs is 1. The minimum Gasteiger partial charge on any atom is -0.426 e. The van der Waals surface area contributed by atoms with Gasteiger partial charge in [0.1, 0.15) is 5.69 Å². The van der Waals surface area contributed by atoms with Gasteiger partial charge in [0, 0.05) is 30.4 Å². The molecule has 0 bridgehead atoms. The fraction of sp³-hybridized carbons (Fsp3) is 0.375. The zero-order valence-electron chi connectivity index (χ0n) is 20.2. The number of carbonyl (C=O) groups is 2. The predicted molar refractivity (Wildman–Crippen MR) is 134 cm³/mol. The van der Waals surface area contributed by atoms with Gasteiger partial charge < -0.3 is 25.5 Å². The average molecular weight is 492 g/mol. The Hall–Kier alpha value is -3.77. The molecule has 1 aliphatic rings. The largest absolute Gasteiger partial charge is 0.475 e. The Kier molecular flexibility index (Phi) is 7.65. The summed E-state index contributed by atoms with van der Waals surface area (Å²) < 4.78 is 1.55. The molecule has 2 amide bonds. The molecule has 2 unspecified atom stereocenters.